The lowest BCUT2D eigenvalue weighted by molar-refractivity contribution is 0.102. The lowest BCUT2D eigenvalue weighted by atomic mass is 10.1. The number of rotatable bonds is 5. The molecular formula is C22H19ClN4O. The van der Waals surface area contributed by atoms with Gasteiger partial charge in [-0.3, -0.25) is 9.78 Å². The highest BCUT2D eigenvalue weighted by Crippen LogP contribution is 2.23. The average Bonchev–Trinajstić information content (AvgIpc) is 3.13. The molecule has 0 radical (unpaired) electrons. The molecule has 4 rings (SSSR count). The summed E-state index contributed by atoms with van der Waals surface area (Å²) in [6.07, 6.45) is 4.97. The number of hydrogen-bond donors (Lipinski definition) is 1. The van der Waals surface area contributed by atoms with E-state index in [9.17, 15) is 4.79 Å². The third kappa shape index (κ3) is 3.49. The fraction of sp³-hybridized carbons (Fsp3) is 0.136. The molecule has 28 heavy (non-hydrogen) atoms. The normalized spacial score (nSPS) is 10.9. The van der Waals surface area contributed by atoms with E-state index in [1.165, 1.54) is 0 Å². The van der Waals surface area contributed by atoms with Crippen LogP contribution in [0.15, 0.2) is 67.0 Å². The number of nitrogens with one attached hydrogen (secondary N) is 1. The van der Waals surface area contributed by atoms with Crippen LogP contribution < -0.4 is 5.32 Å². The summed E-state index contributed by atoms with van der Waals surface area (Å²) in [4.78, 5) is 17.4. The van der Waals surface area contributed by atoms with Crippen molar-refractivity contribution in [1.82, 2.24) is 14.8 Å². The maximum absolute atomic E-state index is 13.0. The number of pyridine rings is 1. The van der Waals surface area contributed by atoms with Gasteiger partial charge in [-0.1, -0.05) is 43.1 Å². The minimum absolute atomic E-state index is 0.193. The van der Waals surface area contributed by atoms with Crippen LogP contribution >= 0.6 is 11.6 Å². The van der Waals surface area contributed by atoms with Crippen LogP contribution in [0.25, 0.3) is 16.6 Å². The SMILES string of the molecule is CCCc1c(C(=O)Nc2cccc3cccnc23)cnn1-c1ccc(Cl)cc1. The Morgan fingerprint density at radius 2 is 1.89 bits per heavy atom. The molecule has 2 aromatic carbocycles. The second-order valence-corrected chi connectivity index (χ2v) is 6.91. The molecule has 2 heterocycles. The van der Waals surface area contributed by atoms with Crippen molar-refractivity contribution in [3.63, 3.8) is 0 Å². The third-order valence-electron chi connectivity index (χ3n) is 4.55. The van der Waals surface area contributed by atoms with Gasteiger partial charge in [-0.2, -0.15) is 5.10 Å². The monoisotopic (exact) mass is 390 g/mol. The molecule has 2 aromatic heterocycles. The lowest BCUT2D eigenvalue weighted by Crippen LogP contribution is -2.15. The molecule has 0 unspecified atom stereocenters. The first-order valence-corrected chi connectivity index (χ1v) is 9.53. The molecule has 1 amide bonds. The van der Waals surface area contributed by atoms with Crippen molar-refractivity contribution in [3.05, 3.63) is 83.3 Å². The largest absolute Gasteiger partial charge is 0.320 e. The summed E-state index contributed by atoms with van der Waals surface area (Å²) in [7, 11) is 0. The van der Waals surface area contributed by atoms with Crippen molar-refractivity contribution < 1.29 is 4.79 Å². The molecule has 0 aliphatic rings. The number of fused-ring (bicyclic) bond motifs is 1. The molecule has 4 aromatic rings. The second-order valence-electron chi connectivity index (χ2n) is 6.48. The van der Waals surface area contributed by atoms with Gasteiger partial charge in [0, 0.05) is 16.6 Å². The van der Waals surface area contributed by atoms with Crippen molar-refractivity contribution in [2.24, 2.45) is 0 Å². The van der Waals surface area contributed by atoms with Crippen molar-refractivity contribution >= 4 is 34.1 Å². The Labute approximate surface area is 168 Å². The number of aromatic nitrogens is 3. The molecule has 140 valence electrons. The number of nitrogens with zero attached hydrogens (tertiary/aromatic N) is 3. The fourth-order valence-corrected chi connectivity index (χ4v) is 3.37. The van der Waals surface area contributed by atoms with Gasteiger partial charge in [0.25, 0.3) is 5.91 Å². The van der Waals surface area contributed by atoms with Crippen molar-refractivity contribution in [3.8, 4) is 5.69 Å². The van der Waals surface area contributed by atoms with Gasteiger partial charge in [0.2, 0.25) is 0 Å². The lowest BCUT2D eigenvalue weighted by Gasteiger charge is -2.10. The Morgan fingerprint density at radius 1 is 1.11 bits per heavy atom. The number of halogens is 1. The Kier molecular flexibility index (Phi) is 5.08. The smallest absolute Gasteiger partial charge is 0.259 e. The minimum Gasteiger partial charge on any atom is -0.320 e. The molecule has 0 aliphatic heterocycles. The van der Waals surface area contributed by atoms with Crippen LogP contribution in [0.3, 0.4) is 0 Å². The number of benzene rings is 2. The number of carbonyl (C=O) groups is 1. The van der Waals surface area contributed by atoms with E-state index in [-0.39, 0.29) is 5.91 Å². The molecule has 5 nitrogen and oxygen atoms in total. The molecule has 1 N–H and O–H groups in total. The molecule has 0 atom stereocenters. The highest BCUT2D eigenvalue weighted by Gasteiger charge is 2.19. The molecule has 0 spiro atoms. The van der Waals surface area contributed by atoms with Crippen LogP contribution in [0.1, 0.15) is 29.4 Å². The zero-order valence-electron chi connectivity index (χ0n) is 15.4. The topological polar surface area (TPSA) is 59.8 Å². The van der Waals surface area contributed by atoms with E-state index >= 15 is 0 Å². The number of anilines is 1. The number of carbonyl (C=O) groups excluding carboxylic acids is 1. The van der Waals surface area contributed by atoms with E-state index in [0.29, 0.717) is 16.3 Å². The van der Waals surface area contributed by atoms with E-state index in [4.69, 9.17) is 11.6 Å². The van der Waals surface area contributed by atoms with Crippen LogP contribution in [-0.2, 0) is 6.42 Å². The maximum Gasteiger partial charge on any atom is 0.259 e. The van der Waals surface area contributed by atoms with Crippen molar-refractivity contribution in [2.75, 3.05) is 5.32 Å². The van der Waals surface area contributed by atoms with Gasteiger partial charge in [0.05, 0.1) is 34.3 Å². The van der Waals surface area contributed by atoms with Crippen LogP contribution in [0.4, 0.5) is 5.69 Å². The summed E-state index contributed by atoms with van der Waals surface area (Å²) in [5.41, 5.74) is 3.75. The highest BCUT2D eigenvalue weighted by atomic mass is 35.5. The van der Waals surface area contributed by atoms with Crippen LogP contribution in [0.5, 0.6) is 0 Å². The minimum atomic E-state index is -0.193. The van der Waals surface area contributed by atoms with E-state index in [0.717, 1.165) is 35.1 Å². The Morgan fingerprint density at radius 3 is 2.68 bits per heavy atom. The van der Waals surface area contributed by atoms with Gasteiger partial charge in [0.15, 0.2) is 0 Å². The number of amides is 1. The predicted molar refractivity (Wildman–Crippen MR) is 112 cm³/mol. The van der Waals surface area contributed by atoms with E-state index in [2.05, 4.69) is 22.3 Å². The average molecular weight is 391 g/mol. The first-order chi connectivity index (χ1) is 13.7. The van der Waals surface area contributed by atoms with E-state index in [1.807, 2.05) is 54.6 Å². The molecule has 6 heteroatoms. The van der Waals surface area contributed by atoms with Gasteiger partial charge in [-0.05, 0) is 42.8 Å². The van der Waals surface area contributed by atoms with Crippen molar-refractivity contribution in [2.45, 2.75) is 19.8 Å². The van der Waals surface area contributed by atoms with Gasteiger partial charge in [-0.25, -0.2) is 4.68 Å². The summed E-state index contributed by atoms with van der Waals surface area (Å²) in [6.45, 7) is 2.08. The summed E-state index contributed by atoms with van der Waals surface area (Å²) in [6, 6.07) is 17.0. The van der Waals surface area contributed by atoms with Crippen molar-refractivity contribution in [1.29, 1.82) is 0 Å². The zero-order valence-corrected chi connectivity index (χ0v) is 16.1. The first kappa shape index (κ1) is 18.2. The highest BCUT2D eigenvalue weighted by molar-refractivity contribution is 6.30. The molecule has 0 saturated heterocycles. The Hall–Kier alpha value is -3.18. The quantitative estimate of drug-likeness (QED) is 0.504. The van der Waals surface area contributed by atoms with E-state index in [1.54, 1.807) is 17.1 Å². The van der Waals surface area contributed by atoms with Gasteiger partial charge < -0.3 is 5.32 Å². The summed E-state index contributed by atoms with van der Waals surface area (Å²) in [5.74, 6) is -0.193. The summed E-state index contributed by atoms with van der Waals surface area (Å²) >= 11 is 5.99. The second kappa shape index (κ2) is 7.82. The van der Waals surface area contributed by atoms with Crippen LogP contribution in [0, 0.1) is 0 Å². The molecular weight excluding hydrogens is 372 g/mol. The van der Waals surface area contributed by atoms with Gasteiger partial charge >= 0.3 is 0 Å². The van der Waals surface area contributed by atoms with E-state index < -0.39 is 0 Å². The molecule has 0 bridgehead atoms. The number of para-hydroxylation sites is 1. The molecule has 0 fully saturated rings. The number of hydrogen-bond acceptors (Lipinski definition) is 3. The standard InChI is InChI=1S/C22H19ClN4O/c1-2-5-20-18(14-25-27(20)17-11-9-16(23)10-12-17)22(28)26-19-8-3-6-15-7-4-13-24-21(15)19/h3-4,6-14H,2,5H2,1H3,(H,26,28). The Bertz CT molecular complexity index is 1130. The first-order valence-electron chi connectivity index (χ1n) is 9.15. The maximum atomic E-state index is 13.0. The van der Waals surface area contributed by atoms with Crippen LogP contribution in [-0.4, -0.2) is 20.7 Å². The predicted octanol–water partition coefficient (Wildman–Crippen LogP) is 5.28. The van der Waals surface area contributed by atoms with Gasteiger partial charge in [-0.15, -0.1) is 0 Å². The molecule has 0 aliphatic carbocycles. The summed E-state index contributed by atoms with van der Waals surface area (Å²) < 4.78 is 1.80. The fourth-order valence-electron chi connectivity index (χ4n) is 3.24. The zero-order chi connectivity index (χ0) is 19.5. The van der Waals surface area contributed by atoms with Gasteiger partial charge in [0.1, 0.15) is 0 Å². The Balaban J connectivity index is 1.70. The van der Waals surface area contributed by atoms with Crippen LogP contribution in [0.2, 0.25) is 5.02 Å². The summed E-state index contributed by atoms with van der Waals surface area (Å²) in [5, 5.41) is 9.09. The third-order valence-corrected chi connectivity index (χ3v) is 4.80. The molecule has 0 saturated carbocycles.